The molecule has 2 nitrogen and oxygen atoms in total. The maximum atomic E-state index is 13.7. The second kappa shape index (κ2) is 5.04. The third-order valence-electron chi connectivity index (χ3n) is 2.64. The molecule has 94 valence electrons. The van der Waals surface area contributed by atoms with Crippen molar-refractivity contribution >= 4 is 0 Å². The molecule has 0 fully saturated rings. The van der Waals surface area contributed by atoms with E-state index in [0.29, 0.717) is 17.1 Å². The highest BCUT2D eigenvalue weighted by Gasteiger charge is 2.15. The molecule has 0 N–H and O–H groups in total. The Bertz CT molecular complexity index is 547. The van der Waals surface area contributed by atoms with Crippen LogP contribution in [0.1, 0.15) is 0 Å². The Hall–Kier alpha value is -2.10. The van der Waals surface area contributed by atoms with Crippen LogP contribution in [0, 0.1) is 11.6 Å². The summed E-state index contributed by atoms with van der Waals surface area (Å²) in [4.78, 5) is 0. The van der Waals surface area contributed by atoms with Gasteiger partial charge in [-0.3, -0.25) is 0 Å². The molecule has 0 heterocycles. The van der Waals surface area contributed by atoms with E-state index in [-0.39, 0.29) is 5.56 Å². The summed E-state index contributed by atoms with van der Waals surface area (Å²) in [7, 11) is 2.95. The van der Waals surface area contributed by atoms with Gasteiger partial charge in [0, 0.05) is 11.6 Å². The lowest BCUT2D eigenvalue weighted by Crippen LogP contribution is -1.94. The molecule has 0 aliphatic heterocycles. The van der Waals surface area contributed by atoms with Crippen molar-refractivity contribution in [2.45, 2.75) is 0 Å². The second-order valence-electron chi connectivity index (χ2n) is 3.66. The Kier molecular flexibility index (Phi) is 3.46. The van der Waals surface area contributed by atoms with Crippen molar-refractivity contribution in [2.24, 2.45) is 0 Å². The van der Waals surface area contributed by atoms with Gasteiger partial charge in [0.1, 0.15) is 23.1 Å². The fourth-order valence-electron chi connectivity index (χ4n) is 1.76. The SMILES string of the molecule is COc1ccc(-c2c(F)cccc2F)c(OC)c1. The summed E-state index contributed by atoms with van der Waals surface area (Å²) in [6, 6.07) is 8.53. The normalized spacial score (nSPS) is 10.2. The second-order valence-corrected chi connectivity index (χ2v) is 3.66. The lowest BCUT2D eigenvalue weighted by atomic mass is 10.0. The fourth-order valence-corrected chi connectivity index (χ4v) is 1.76. The van der Waals surface area contributed by atoms with Gasteiger partial charge in [-0.05, 0) is 24.3 Å². The summed E-state index contributed by atoms with van der Waals surface area (Å²) in [6.07, 6.45) is 0. The number of hydrogen-bond donors (Lipinski definition) is 0. The predicted molar refractivity (Wildman–Crippen MR) is 64.9 cm³/mol. The van der Waals surface area contributed by atoms with Gasteiger partial charge in [-0.2, -0.15) is 0 Å². The van der Waals surface area contributed by atoms with E-state index < -0.39 is 11.6 Å². The molecule has 0 aliphatic carbocycles. The van der Waals surface area contributed by atoms with Gasteiger partial charge in [-0.1, -0.05) is 6.07 Å². The topological polar surface area (TPSA) is 18.5 Å². The molecule has 0 aromatic heterocycles. The predicted octanol–water partition coefficient (Wildman–Crippen LogP) is 3.65. The first-order valence-electron chi connectivity index (χ1n) is 5.33. The number of benzene rings is 2. The maximum absolute atomic E-state index is 13.7. The average molecular weight is 250 g/mol. The van der Waals surface area contributed by atoms with Crippen LogP contribution in [0.15, 0.2) is 36.4 Å². The van der Waals surface area contributed by atoms with Crippen LogP contribution >= 0.6 is 0 Å². The van der Waals surface area contributed by atoms with E-state index >= 15 is 0 Å². The van der Waals surface area contributed by atoms with E-state index in [1.807, 2.05) is 0 Å². The zero-order chi connectivity index (χ0) is 13.1. The average Bonchev–Trinajstić information content (AvgIpc) is 2.38. The lowest BCUT2D eigenvalue weighted by Gasteiger charge is -2.11. The van der Waals surface area contributed by atoms with Gasteiger partial charge in [-0.25, -0.2) is 8.78 Å². The van der Waals surface area contributed by atoms with E-state index in [9.17, 15) is 8.78 Å². The minimum Gasteiger partial charge on any atom is -0.497 e. The van der Waals surface area contributed by atoms with Gasteiger partial charge in [0.05, 0.1) is 19.8 Å². The summed E-state index contributed by atoms with van der Waals surface area (Å²) in [5.41, 5.74) is 0.255. The Morgan fingerprint density at radius 2 is 1.56 bits per heavy atom. The van der Waals surface area contributed by atoms with Crippen molar-refractivity contribution in [3.63, 3.8) is 0 Å². The van der Waals surface area contributed by atoms with Crippen LogP contribution < -0.4 is 9.47 Å². The molecule has 2 aromatic rings. The molecule has 18 heavy (non-hydrogen) atoms. The number of hydrogen-bond acceptors (Lipinski definition) is 2. The Morgan fingerprint density at radius 1 is 0.889 bits per heavy atom. The highest BCUT2D eigenvalue weighted by Crippen LogP contribution is 2.36. The van der Waals surface area contributed by atoms with E-state index in [2.05, 4.69) is 0 Å². The third kappa shape index (κ3) is 2.14. The van der Waals surface area contributed by atoms with Crippen molar-refractivity contribution in [2.75, 3.05) is 14.2 Å². The standard InChI is InChI=1S/C14H12F2O2/c1-17-9-6-7-10(13(8-9)18-2)14-11(15)4-3-5-12(14)16/h3-8H,1-2H3. The van der Waals surface area contributed by atoms with Crippen LogP contribution in [0.25, 0.3) is 11.1 Å². The fraction of sp³-hybridized carbons (Fsp3) is 0.143. The van der Waals surface area contributed by atoms with Crippen LogP contribution in [0.5, 0.6) is 11.5 Å². The highest BCUT2D eigenvalue weighted by atomic mass is 19.1. The molecule has 0 saturated carbocycles. The smallest absolute Gasteiger partial charge is 0.134 e. The Labute approximate surface area is 104 Å². The summed E-state index contributed by atoms with van der Waals surface area (Å²) < 4.78 is 37.6. The van der Waals surface area contributed by atoms with E-state index in [0.717, 1.165) is 0 Å². The lowest BCUT2D eigenvalue weighted by molar-refractivity contribution is 0.395. The van der Waals surface area contributed by atoms with Crippen LogP contribution in [-0.2, 0) is 0 Å². The molecule has 0 saturated heterocycles. The minimum atomic E-state index is -0.626. The molecule has 4 heteroatoms. The first kappa shape index (κ1) is 12.4. The van der Waals surface area contributed by atoms with Gasteiger partial charge in [0.15, 0.2) is 0 Å². The molecule has 2 aromatic carbocycles. The van der Waals surface area contributed by atoms with Gasteiger partial charge in [-0.15, -0.1) is 0 Å². The van der Waals surface area contributed by atoms with Crippen molar-refractivity contribution in [3.8, 4) is 22.6 Å². The highest BCUT2D eigenvalue weighted by molar-refractivity contribution is 5.72. The molecule has 0 spiro atoms. The zero-order valence-corrected chi connectivity index (χ0v) is 10.0. The van der Waals surface area contributed by atoms with Crippen LogP contribution in [0.2, 0.25) is 0 Å². The zero-order valence-electron chi connectivity index (χ0n) is 10.0. The van der Waals surface area contributed by atoms with Crippen LogP contribution in [-0.4, -0.2) is 14.2 Å². The monoisotopic (exact) mass is 250 g/mol. The van der Waals surface area contributed by atoms with Gasteiger partial charge in [0.25, 0.3) is 0 Å². The first-order chi connectivity index (χ1) is 8.67. The first-order valence-corrected chi connectivity index (χ1v) is 5.33. The van der Waals surface area contributed by atoms with E-state index in [4.69, 9.17) is 9.47 Å². The maximum Gasteiger partial charge on any atom is 0.134 e. The molecule has 0 unspecified atom stereocenters. The number of halogens is 2. The summed E-state index contributed by atoms with van der Waals surface area (Å²) >= 11 is 0. The molecular formula is C14H12F2O2. The summed E-state index contributed by atoms with van der Waals surface area (Å²) in [5, 5.41) is 0. The van der Waals surface area contributed by atoms with Gasteiger partial charge in [0.2, 0.25) is 0 Å². The molecular weight excluding hydrogens is 238 g/mol. The largest absolute Gasteiger partial charge is 0.497 e. The number of rotatable bonds is 3. The van der Waals surface area contributed by atoms with Crippen molar-refractivity contribution in [1.82, 2.24) is 0 Å². The van der Waals surface area contributed by atoms with Crippen LogP contribution in [0.3, 0.4) is 0 Å². The van der Waals surface area contributed by atoms with Gasteiger partial charge < -0.3 is 9.47 Å². The minimum absolute atomic E-state index is 0.1000. The van der Waals surface area contributed by atoms with Crippen molar-refractivity contribution < 1.29 is 18.3 Å². The summed E-state index contributed by atoms with van der Waals surface area (Å²) in [6.45, 7) is 0. The molecule has 0 bridgehead atoms. The Morgan fingerprint density at radius 3 is 2.11 bits per heavy atom. The molecule has 0 aliphatic rings. The van der Waals surface area contributed by atoms with E-state index in [1.54, 1.807) is 18.2 Å². The molecule has 0 amide bonds. The molecule has 0 atom stereocenters. The summed E-state index contributed by atoms with van der Waals surface area (Å²) in [5.74, 6) is -0.331. The van der Waals surface area contributed by atoms with Gasteiger partial charge >= 0.3 is 0 Å². The third-order valence-corrected chi connectivity index (χ3v) is 2.64. The molecule has 2 rings (SSSR count). The van der Waals surface area contributed by atoms with Crippen molar-refractivity contribution in [1.29, 1.82) is 0 Å². The Balaban J connectivity index is 2.63. The van der Waals surface area contributed by atoms with Crippen molar-refractivity contribution in [3.05, 3.63) is 48.0 Å². The number of methoxy groups -OCH3 is 2. The molecule has 0 radical (unpaired) electrons. The quantitative estimate of drug-likeness (QED) is 0.827. The van der Waals surface area contributed by atoms with E-state index in [1.165, 1.54) is 32.4 Å². The van der Waals surface area contributed by atoms with Crippen LogP contribution in [0.4, 0.5) is 8.78 Å². The number of ether oxygens (including phenoxy) is 2.